The summed E-state index contributed by atoms with van der Waals surface area (Å²) in [6, 6.07) is 12.4. The second-order valence-corrected chi connectivity index (χ2v) is 10.4. The lowest BCUT2D eigenvalue weighted by Crippen LogP contribution is -2.32. The van der Waals surface area contributed by atoms with Gasteiger partial charge in [-0.15, -0.1) is 0 Å². The fourth-order valence-electron chi connectivity index (χ4n) is 4.49. The normalized spacial score (nSPS) is 13.8. The van der Waals surface area contributed by atoms with Crippen molar-refractivity contribution >= 4 is 40.3 Å². The molecule has 0 aliphatic carbocycles. The van der Waals surface area contributed by atoms with E-state index in [1.807, 2.05) is 0 Å². The molecule has 0 atom stereocenters. The third-order valence-corrected chi connectivity index (χ3v) is 7.63. The number of benzene rings is 2. The monoisotopic (exact) mass is 593 g/mol. The Morgan fingerprint density at radius 2 is 1.95 bits per heavy atom. The second-order valence-electron chi connectivity index (χ2n) is 9.46. The molecule has 216 valence electrons. The van der Waals surface area contributed by atoms with Crippen LogP contribution in [0.1, 0.15) is 21.6 Å². The number of aromatic nitrogens is 4. The Morgan fingerprint density at radius 3 is 2.71 bits per heavy atom. The van der Waals surface area contributed by atoms with Gasteiger partial charge in [-0.25, -0.2) is 18.4 Å². The van der Waals surface area contributed by atoms with E-state index < -0.39 is 11.6 Å². The zero-order chi connectivity index (χ0) is 29.2. The molecule has 1 aliphatic rings. The summed E-state index contributed by atoms with van der Waals surface area (Å²) in [6.45, 7) is 4.48. The van der Waals surface area contributed by atoms with Crippen molar-refractivity contribution in [2.75, 3.05) is 36.8 Å². The number of morpholine rings is 1. The first-order chi connectivity index (χ1) is 20.4. The van der Waals surface area contributed by atoms with Gasteiger partial charge >= 0.3 is 0 Å². The number of carbonyl (C=O) groups is 1. The third-order valence-electron chi connectivity index (χ3n) is 6.69. The summed E-state index contributed by atoms with van der Waals surface area (Å²) in [5.41, 5.74) is 8.96. The summed E-state index contributed by atoms with van der Waals surface area (Å²) in [5.74, 6) is -0.589. The lowest BCUT2D eigenvalue weighted by molar-refractivity contribution is -0.00505. The third kappa shape index (κ3) is 5.46. The Morgan fingerprint density at radius 1 is 1.14 bits per heavy atom. The molecule has 2 aromatic carbocycles. The van der Waals surface area contributed by atoms with Gasteiger partial charge in [0.05, 0.1) is 48.2 Å². The van der Waals surface area contributed by atoms with Crippen LogP contribution in [0.15, 0.2) is 60.9 Å². The standard InChI is InChI=1S/C28H25F2N7O4S/c1-16-10-26(40-24-5-3-2-4-19(24)29)32-15-23(16)37-28(31)18(14-33-37)27(38)22-11-17-12-25(41-30)21(13-20(17)34-22)35-42-36-6-8-39-9-7-36/h2-5,10-15,34-35H,6-9,31H2,1H3. The number of para-hydroxylation sites is 1. The topological polar surface area (TPSA) is 133 Å². The highest BCUT2D eigenvalue weighted by atomic mass is 32.2. The van der Waals surface area contributed by atoms with Gasteiger partial charge in [-0.1, -0.05) is 12.1 Å². The Bertz CT molecular complexity index is 1770. The number of hydrogen-bond donors (Lipinski definition) is 3. The van der Waals surface area contributed by atoms with Crippen molar-refractivity contribution in [1.29, 1.82) is 0 Å². The molecule has 0 spiro atoms. The van der Waals surface area contributed by atoms with Crippen LogP contribution in [-0.2, 0) is 4.74 Å². The Labute approximate surface area is 242 Å². The van der Waals surface area contributed by atoms with Gasteiger partial charge in [-0.05, 0) is 42.8 Å². The summed E-state index contributed by atoms with van der Waals surface area (Å²) in [5, 5.41) is 4.88. The van der Waals surface area contributed by atoms with Crippen molar-refractivity contribution in [2.45, 2.75) is 6.92 Å². The predicted octanol–water partition coefficient (Wildman–Crippen LogP) is 5.37. The molecular weight excluding hydrogens is 568 g/mol. The van der Waals surface area contributed by atoms with E-state index in [-0.39, 0.29) is 34.5 Å². The van der Waals surface area contributed by atoms with Gasteiger partial charge in [0.25, 0.3) is 0 Å². The number of hydrogen-bond acceptors (Lipinski definition) is 10. The smallest absolute Gasteiger partial charge is 0.219 e. The first-order valence-electron chi connectivity index (χ1n) is 12.9. The number of aryl methyl sites for hydroxylation is 1. The summed E-state index contributed by atoms with van der Waals surface area (Å²) in [7, 11) is 0. The average Bonchev–Trinajstić information content (AvgIpc) is 3.60. The molecule has 4 heterocycles. The Balaban J connectivity index is 1.22. The SMILES string of the molecule is Cc1cc(Oc2ccccc2F)ncc1-n1ncc(C(=O)c2cc3cc(OF)c(NSN4CCOCC4)cc3[nH]2)c1N. The number of carbonyl (C=O) groups excluding carboxylic acids is 1. The molecule has 0 unspecified atom stereocenters. The van der Waals surface area contributed by atoms with Crippen LogP contribution in [0.25, 0.3) is 16.6 Å². The first-order valence-corrected chi connectivity index (χ1v) is 13.7. The number of nitrogens with two attached hydrogens (primary N) is 1. The molecule has 14 heteroatoms. The Kier molecular flexibility index (Phi) is 7.65. The van der Waals surface area contributed by atoms with E-state index in [2.05, 4.69) is 29.0 Å². The van der Waals surface area contributed by atoms with Gasteiger partial charge in [0.2, 0.25) is 11.7 Å². The minimum atomic E-state index is -0.509. The first kappa shape index (κ1) is 27.5. The van der Waals surface area contributed by atoms with Crippen molar-refractivity contribution in [3.05, 3.63) is 83.6 Å². The molecule has 0 bridgehead atoms. The molecule has 0 amide bonds. The van der Waals surface area contributed by atoms with Gasteiger partial charge in [0.1, 0.15) is 5.82 Å². The van der Waals surface area contributed by atoms with Gasteiger partial charge in [-0.3, -0.25) is 9.74 Å². The van der Waals surface area contributed by atoms with Gasteiger partial charge < -0.3 is 24.9 Å². The minimum absolute atomic E-state index is 0.0148. The second kappa shape index (κ2) is 11.7. The van der Waals surface area contributed by atoms with Crippen LogP contribution < -0.4 is 20.1 Å². The molecule has 3 aromatic heterocycles. The van der Waals surface area contributed by atoms with E-state index in [9.17, 15) is 13.7 Å². The van der Waals surface area contributed by atoms with Gasteiger partial charge in [0.15, 0.2) is 17.3 Å². The van der Waals surface area contributed by atoms with Crippen LogP contribution in [0, 0.1) is 12.7 Å². The zero-order valence-electron chi connectivity index (χ0n) is 22.3. The summed E-state index contributed by atoms with van der Waals surface area (Å²) >= 11 is 1.32. The molecule has 42 heavy (non-hydrogen) atoms. The lowest BCUT2D eigenvalue weighted by atomic mass is 10.1. The number of anilines is 2. The molecule has 5 aromatic rings. The van der Waals surface area contributed by atoms with E-state index in [4.69, 9.17) is 15.2 Å². The molecule has 1 saturated heterocycles. The Hall–Kier alpha value is -4.66. The zero-order valence-corrected chi connectivity index (χ0v) is 23.1. The van der Waals surface area contributed by atoms with E-state index in [0.29, 0.717) is 41.1 Å². The van der Waals surface area contributed by atoms with Crippen molar-refractivity contribution in [3.63, 3.8) is 0 Å². The number of ketones is 1. The number of rotatable bonds is 9. The maximum atomic E-state index is 14.0. The highest BCUT2D eigenvalue weighted by Gasteiger charge is 2.22. The molecule has 0 radical (unpaired) electrons. The fraction of sp³-hybridized carbons (Fsp3) is 0.179. The van der Waals surface area contributed by atoms with E-state index in [1.54, 1.807) is 37.3 Å². The summed E-state index contributed by atoms with van der Waals surface area (Å²) in [6.07, 6.45) is 2.85. The molecule has 1 fully saturated rings. The summed E-state index contributed by atoms with van der Waals surface area (Å²) in [4.78, 5) is 24.9. The van der Waals surface area contributed by atoms with Crippen LogP contribution in [0.3, 0.4) is 0 Å². The van der Waals surface area contributed by atoms with Crippen LogP contribution in [0.5, 0.6) is 17.4 Å². The highest BCUT2D eigenvalue weighted by molar-refractivity contribution is 7.98. The van der Waals surface area contributed by atoms with Crippen LogP contribution in [-0.4, -0.2) is 56.1 Å². The number of nitrogens with zero attached hydrogens (tertiary/aromatic N) is 4. The number of halogens is 2. The molecule has 11 nitrogen and oxygen atoms in total. The van der Waals surface area contributed by atoms with Crippen LogP contribution >= 0.6 is 12.1 Å². The van der Waals surface area contributed by atoms with Crippen LogP contribution in [0.2, 0.25) is 0 Å². The number of fused-ring (bicyclic) bond motifs is 1. The van der Waals surface area contributed by atoms with Gasteiger partial charge in [0, 0.05) is 46.7 Å². The molecular formula is C28H25F2N7O4S. The maximum Gasteiger partial charge on any atom is 0.219 e. The van der Waals surface area contributed by atoms with E-state index in [0.717, 1.165) is 13.1 Å². The maximum absolute atomic E-state index is 14.0. The predicted molar refractivity (Wildman–Crippen MR) is 154 cm³/mol. The number of nitrogens with one attached hydrogen (secondary N) is 2. The minimum Gasteiger partial charge on any atom is -0.436 e. The number of H-pyrrole nitrogens is 1. The molecule has 6 rings (SSSR count). The number of pyridine rings is 1. The van der Waals surface area contributed by atoms with Crippen LogP contribution in [0.4, 0.5) is 20.4 Å². The largest absolute Gasteiger partial charge is 0.436 e. The quantitative estimate of drug-likeness (QED) is 0.151. The van der Waals surface area contributed by atoms with E-state index in [1.165, 1.54) is 47.4 Å². The molecule has 4 N–H and O–H groups in total. The number of aromatic amines is 1. The molecule has 1 aliphatic heterocycles. The lowest BCUT2D eigenvalue weighted by Gasteiger charge is -2.25. The van der Waals surface area contributed by atoms with Crippen molar-refractivity contribution < 1.29 is 28.1 Å². The highest BCUT2D eigenvalue weighted by Crippen LogP contribution is 2.34. The number of ether oxygens (including phenoxy) is 2. The van der Waals surface area contributed by atoms with Crippen molar-refractivity contribution in [2.24, 2.45) is 0 Å². The van der Waals surface area contributed by atoms with Gasteiger partial charge in [-0.2, -0.15) is 5.10 Å². The fourth-order valence-corrected chi connectivity index (χ4v) is 5.21. The van der Waals surface area contributed by atoms with Crippen molar-refractivity contribution in [1.82, 2.24) is 24.1 Å². The average molecular weight is 594 g/mol. The summed E-state index contributed by atoms with van der Waals surface area (Å²) < 4.78 is 44.8. The molecule has 0 saturated carbocycles. The van der Waals surface area contributed by atoms with E-state index >= 15 is 0 Å². The number of nitrogen functional groups attached to an aromatic ring is 1. The van der Waals surface area contributed by atoms with Crippen molar-refractivity contribution in [3.8, 4) is 23.1 Å².